The van der Waals surface area contributed by atoms with Crippen molar-refractivity contribution in [1.29, 1.82) is 0 Å². The second kappa shape index (κ2) is 8.66. The second-order valence-electron chi connectivity index (χ2n) is 5.72. The zero-order valence-corrected chi connectivity index (χ0v) is 17.0. The first-order valence-electron chi connectivity index (χ1n) is 8.22. The fourth-order valence-corrected chi connectivity index (χ4v) is 4.32. The highest BCUT2D eigenvalue weighted by atomic mass is 35.5. The molecule has 3 rings (SSSR count). The fourth-order valence-electron chi connectivity index (χ4n) is 2.42. The van der Waals surface area contributed by atoms with Crippen LogP contribution in [0.1, 0.15) is 17.5 Å². The average Bonchev–Trinajstić information content (AvgIpc) is 3.26. The predicted molar refractivity (Wildman–Crippen MR) is 108 cm³/mol. The highest BCUT2D eigenvalue weighted by Gasteiger charge is 2.14. The topological polar surface area (TPSA) is 42.4 Å². The molecule has 0 aliphatic rings. The van der Waals surface area contributed by atoms with E-state index >= 15 is 0 Å². The molecule has 7 heteroatoms. The molecule has 3 aromatic rings. The van der Waals surface area contributed by atoms with Gasteiger partial charge in [0.25, 0.3) is 5.91 Å². The van der Waals surface area contributed by atoms with Crippen LogP contribution in [0.3, 0.4) is 0 Å². The normalized spacial score (nSPS) is 10.7. The maximum Gasteiger partial charge on any atom is 0.260 e. The second-order valence-corrected chi connectivity index (χ2v) is 8.38. The molecule has 0 unspecified atom stereocenters. The number of carbonyl (C=O) groups excluding carboxylic acids is 1. The lowest BCUT2D eigenvalue weighted by Crippen LogP contribution is -2.34. The van der Waals surface area contributed by atoms with Crippen LogP contribution in [-0.4, -0.2) is 28.9 Å². The van der Waals surface area contributed by atoms with Gasteiger partial charge in [-0.15, -0.1) is 22.7 Å². The van der Waals surface area contributed by atoms with E-state index < -0.39 is 0 Å². The number of thiazole rings is 1. The number of hydrogen-bond acceptors (Lipinski definition) is 5. The van der Waals surface area contributed by atoms with Crippen LogP contribution in [-0.2, 0) is 11.3 Å². The van der Waals surface area contributed by atoms with Crippen LogP contribution in [0, 0.1) is 6.92 Å². The number of halogens is 1. The van der Waals surface area contributed by atoms with Crippen LogP contribution < -0.4 is 4.74 Å². The standard InChI is InChI=1S/C19H19ClN2O2S2/c1-3-22(10-16-8-9-17(20)26-16)18(23)11-24-15-6-4-14(5-7-15)19-21-13(2)12-25-19/h4-9,12H,3,10-11H2,1-2H3. The van der Waals surface area contributed by atoms with Gasteiger partial charge in [0.15, 0.2) is 6.61 Å². The van der Waals surface area contributed by atoms with E-state index in [9.17, 15) is 4.79 Å². The number of amides is 1. The lowest BCUT2D eigenvalue weighted by Gasteiger charge is -2.20. The summed E-state index contributed by atoms with van der Waals surface area (Å²) < 4.78 is 6.39. The monoisotopic (exact) mass is 406 g/mol. The maximum atomic E-state index is 12.4. The molecule has 136 valence electrons. The van der Waals surface area contributed by atoms with E-state index in [4.69, 9.17) is 16.3 Å². The number of hydrogen-bond donors (Lipinski definition) is 0. The summed E-state index contributed by atoms with van der Waals surface area (Å²) in [4.78, 5) is 19.7. The van der Waals surface area contributed by atoms with Gasteiger partial charge in [0.05, 0.1) is 10.9 Å². The Bertz CT molecular complexity index is 874. The van der Waals surface area contributed by atoms with Gasteiger partial charge in [-0.1, -0.05) is 11.6 Å². The third kappa shape index (κ3) is 4.84. The highest BCUT2D eigenvalue weighted by molar-refractivity contribution is 7.16. The minimum atomic E-state index is -0.0448. The number of nitrogens with zero attached hydrogens (tertiary/aromatic N) is 2. The van der Waals surface area contributed by atoms with Crippen molar-refractivity contribution in [2.75, 3.05) is 13.2 Å². The molecule has 26 heavy (non-hydrogen) atoms. The first kappa shape index (κ1) is 18.9. The number of aromatic nitrogens is 1. The summed E-state index contributed by atoms with van der Waals surface area (Å²) in [6.45, 7) is 5.13. The van der Waals surface area contributed by atoms with Crippen LogP contribution in [0.25, 0.3) is 10.6 Å². The van der Waals surface area contributed by atoms with Crippen LogP contribution >= 0.6 is 34.3 Å². The molecule has 1 amide bonds. The number of benzene rings is 1. The lowest BCUT2D eigenvalue weighted by atomic mass is 10.2. The van der Waals surface area contributed by atoms with Gasteiger partial charge < -0.3 is 9.64 Å². The van der Waals surface area contributed by atoms with Gasteiger partial charge in [0.2, 0.25) is 0 Å². The summed E-state index contributed by atoms with van der Waals surface area (Å²) in [6, 6.07) is 11.5. The van der Waals surface area contributed by atoms with E-state index in [2.05, 4.69) is 4.98 Å². The summed E-state index contributed by atoms with van der Waals surface area (Å²) in [7, 11) is 0. The van der Waals surface area contributed by atoms with E-state index in [0.29, 0.717) is 18.8 Å². The van der Waals surface area contributed by atoms with Gasteiger partial charge in [0.1, 0.15) is 10.8 Å². The quantitative estimate of drug-likeness (QED) is 0.537. The highest BCUT2D eigenvalue weighted by Crippen LogP contribution is 2.26. The Morgan fingerprint density at radius 1 is 1.23 bits per heavy atom. The van der Waals surface area contributed by atoms with Crippen LogP contribution in [0.5, 0.6) is 5.75 Å². The molecule has 0 fully saturated rings. The zero-order chi connectivity index (χ0) is 18.5. The van der Waals surface area contributed by atoms with Crippen LogP contribution in [0.4, 0.5) is 0 Å². The van der Waals surface area contributed by atoms with E-state index in [1.165, 1.54) is 11.3 Å². The molecule has 0 spiro atoms. The molecule has 0 bridgehead atoms. The average molecular weight is 407 g/mol. The van der Waals surface area contributed by atoms with E-state index in [0.717, 1.165) is 25.5 Å². The number of ether oxygens (including phenoxy) is 1. The SMILES string of the molecule is CCN(Cc1ccc(Cl)s1)C(=O)COc1ccc(-c2nc(C)cs2)cc1. The van der Waals surface area contributed by atoms with Crippen molar-refractivity contribution >= 4 is 40.2 Å². The Balaban J connectivity index is 1.56. The predicted octanol–water partition coefficient (Wildman–Crippen LogP) is 5.26. The Kier molecular flexibility index (Phi) is 6.29. The Morgan fingerprint density at radius 3 is 2.58 bits per heavy atom. The lowest BCUT2D eigenvalue weighted by molar-refractivity contribution is -0.133. The summed E-state index contributed by atoms with van der Waals surface area (Å²) in [5.74, 6) is 0.627. The van der Waals surface area contributed by atoms with Crippen molar-refractivity contribution in [3.05, 3.63) is 56.7 Å². The summed E-state index contributed by atoms with van der Waals surface area (Å²) >= 11 is 9.06. The molecule has 4 nitrogen and oxygen atoms in total. The molecule has 0 saturated heterocycles. The molecule has 0 N–H and O–H groups in total. The van der Waals surface area contributed by atoms with E-state index in [-0.39, 0.29) is 12.5 Å². The van der Waals surface area contributed by atoms with Crippen molar-refractivity contribution in [3.63, 3.8) is 0 Å². The van der Waals surface area contributed by atoms with Crippen molar-refractivity contribution in [3.8, 4) is 16.3 Å². The van der Waals surface area contributed by atoms with Crippen LogP contribution in [0.2, 0.25) is 4.34 Å². The Labute approximate surface area is 166 Å². The number of rotatable bonds is 7. The molecular weight excluding hydrogens is 388 g/mol. The first-order valence-corrected chi connectivity index (χ1v) is 10.3. The van der Waals surface area contributed by atoms with E-state index in [1.807, 2.05) is 55.6 Å². The Morgan fingerprint density at radius 2 is 2.00 bits per heavy atom. The third-order valence-electron chi connectivity index (χ3n) is 3.79. The molecule has 0 saturated carbocycles. The molecular formula is C19H19ClN2O2S2. The van der Waals surface area contributed by atoms with Gasteiger partial charge in [-0.3, -0.25) is 4.79 Å². The third-order valence-corrected chi connectivity index (χ3v) is 6.02. The van der Waals surface area contributed by atoms with Crippen molar-refractivity contribution in [2.24, 2.45) is 0 Å². The number of aryl methyl sites for hydroxylation is 1. The number of carbonyl (C=O) groups is 1. The first-order chi connectivity index (χ1) is 12.5. The smallest absolute Gasteiger partial charge is 0.260 e. The Hall–Kier alpha value is -1.89. The minimum Gasteiger partial charge on any atom is -0.484 e. The van der Waals surface area contributed by atoms with E-state index in [1.54, 1.807) is 16.2 Å². The molecule has 0 atom stereocenters. The molecule has 0 aliphatic heterocycles. The molecule has 2 aromatic heterocycles. The molecule has 1 aromatic carbocycles. The largest absolute Gasteiger partial charge is 0.484 e. The van der Waals surface area contributed by atoms with Gasteiger partial charge in [-0.25, -0.2) is 4.98 Å². The maximum absolute atomic E-state index is 12.4. The van der Waals surface area contributed by atoms with Crippen LogP contribution in [0.15, 0.2) is 41.8 Å². The van der Waals surface area contributed by atoms with Gasteiger partial charge in [-0.2, -0.15) is 0 Å². The molecule has 2 heterocycles. The number of thiophene rings is 1. The van der Waals surface area contributed by atoms with Gasteiger partial charge in [0, 0.05) is 28.1 Å². The van der Waals surface area contributed by atoms with Crippen molar-refractivity contribution < 1.29 is 9.53 Å². The van der Waals surface area contributed by atoms with Crippen molar-refractivity contribution in [2.45, 2.75) is 20.4 Å². The summed E-state index contributed by atoms with van der Waals surface area (Å²) in [5.41, 5.74) is 2.06. The minimum absolute atomic E-state index is 0.0165. The summed E-state index contributed by atoms with van der Waals surface area (Å²) in [5, 5.41) is 3.01. The van der Waals surface area contributed by atoms with Gasteiger partial charge >= 0.3 is 0 Å². The molecule has 0 radical (unpaired) electrons. The van der Waals surface area contributed by atoms with Gasteiger partial charge in [-0.05, 0) is 50.2 Å². The zero-order valence-electron chi connectivity index (χ0n) is 14.6. The number of likely N-dealkylation sites (N-methyl/N-ethyl adjacent to an activating group) is 1. The summed E-state index contributed by atoms with van der Waals surface area (Å²) in [6.07, 6.45) is 0. The van der Waals surface area contributed by atoms with Crippen molar-refractivity contribution in [1.82, 2.24) is 9.88 Å². The fraction of sp³-hybridized carbons (Fsp3) is 0.263. The molecule has 0 aliphatic carbocycles.